The fourth-order valence-electron chi connectivity index (χ4n) is 9.57. The van der Waals surface area contributed by atoms with E-state index in [1.54, 1.807) is 0 Å². The number of para-hydroxylation sites is 3. The monoisotopic (exact) mass is 830 g/mol. The van der Waals surface area contributed by atoms with E-state index >= 15 is 0 Å². The predicted molar refractivity (Wildman–Crippen MR) is 275 cm³/mol. The van der Waals surface area contributed by atoms with Crippen molar-refractivity contribution < 1.29 is 4.42 Å². The molecule has 0 aliphatic carbocycles. The smallest absolute Gasteiger partial charge is 0.137 e. The average molecular weight is 831 g/mol. The zero-order valence-electron chi connectivity index (χ0n) is 35.5. The molecule has 0 bridgehead atoms. The molecule has 0 saturated heterocycles. The number of fused-ring (bicyclic) bond motifs is 6. The molecule has 0 fully saturated rings. The molecule has 0 spiro atoms. The summed E-state index contributed by atoms with van der Waals surface area (Å²) in [4.78, 5) is 2.36. The predicted octanol–water partition coefficient (Wildman–Crippen LogP) is 17.8. The maximum Gasteiger partial charge on any atom is 0.137 e. The van der Waals surface area contributed by atoms with Crippen LogP contribution >= 0.6 is 0 Å². The standard InChI is InChI=1S/C62H42N2O/c1-2-16-43(17-3-1)51-22-8-11-27-57(51)63-58-28-12-9-23-52(58)46-20-14-19-45(40-46)42-32-36-48(37-33-42)64(59-29-15-31-61-62(59)55-26-10-13-30-60(55)65-61)49-38-34-44(35-39-49)56-41-47-18-4-5-21-50(47)53-24-6-7-25-54(53)56/h1-41,63H. The van der Waals surface area contributed by atoms with Gasteiger partial charge < -0.3 is 14.6 Å². The van der Waals surface area contributed by atoms with E-state index in [1.807, 2.05) is 12.1 Å². The van der Waals surface area contributed by atoms with Gasteiger partial charge in [-0.15, -0.1) is 0 Å². The Balaban J connectivity index is 0.923. The lowest BCUT2D eigenvalue weighted by molar-refractivity contribution is 0.669. The molecule has 3 nitrogen and oxygen atoms in total. The molecule has 3 heteroatoms. The van der Waals surface area contributed by atoms with Crippen LogP contribution in [0, 0.1) is 0 Å². The van der Waals surface area contributed by atoms with Gasteiger partial charge in [0.25, 0.3) is 0 Å². The normalized spacial score (nSPS) is 11.4. The third kappa shape index (κ3) is 6.97. The van der Waals surface area contributed by atoms with Crippen molar-refractivity contribution in [3.05, 3.63) is 249 Å². The number of furan rings is 1. The lowest BCUT2D eigenvalue weighted by Crippen LogP contribution is -2.10. The molecule has 1 N–H and O–H groups in total. The molecule has 0 aliphatic rings. The summed E-state index contributed by atoms with van der Waals surface area (Å²) < 4.78 is 6.43. The summed E-state index contributed by atoms with van der Waals surface area (Å²) in [5, 5.41) is 11.0. The zero-order valence-corrected chi connectivity index (χ0v) is 35.5. The van der Waals surface area contributed by atoms with Gasteiger partial charge in [0.2, 0.25) is 0 Å². The number of rotatable bonds is 9. The number of nitrogens with zero attached hydrogens (tertiary/aromatic N) is 1. The first-order chi connectivity index (χ1) is 32.2. The molecule has 11 aromatic carbocycles. The number of anilines is 5. The highest BCUT2D eigenvalue weighted by Crippen LogP contribution is 2.45. The summed E-state index contributed by atoms with van der Waals surface area (Å²) >= 11 is 0. The Morgan fingerprint density at radius 2 is 0.831 bits per heavy atom. The molecular formula is C62H42N2O. The Kier molecular flexibility index (Phi) is 9.50. The minimum atomic E-state index is 0.861. The SMILES string of the molecule is c1ccc(-c2ccccc2Nc2ccccc2-c2cccc(-c3ccc(N(c4ccc(-c5cc6ccccc6c6ccccc56)cc4)c4cccc5oc6ccccc6c45)cc3)c2)cc1. The van der Waals surface area contributed by atoms with Crippen LogP contribution in [0.5, 0.6) is 0 Å². The number of hydrogen-bond donors (Lipinski definition) is 1. The molecule has 0 unspecified atom stereocenters. The van der Waals surface area contributed by atoms with Gasteiger partial charge in [0, 0.05) is 39.3 Å². The first kappa shape index (κ1) is 38.0. The molecular weight excluding hydrogens is 789 g/mol. The van der Waals surface area contributed by atoms with Gasteiger partial charge in [0.15, 0.2) is 0 Å². The van der Waals surface area contributed by atoms with Gasteiger partial charge in [-0.05, 0) is 122 Å². The lowest BCUT2D eigenvalue weighted by Gasteiger charge is -2.27. The van der Waals surface area contributed by atoms with Crippen molar-refractivity contribution in [3.8, 4) is 44.5 Å². The summed E-state index contributed by atoms with van der Waals surface area (Å²) in [6, 6.07) is 88.9. The van der Waals surface area contributed by atoms with Crippen molar-refractivity contribution in [2.24, 2.45) is 0 Å². The van der Waals surface area contributed by atoms with Crippen LogP contribution < -0.4 is 10.2 Å². The first-order valence-electron chi connectivity index (χ1n) is 22.2. The lowest BCUT2D eigenvalue weighted by atomic mass is 9.93. The van der Waals surface area contributed by atoms with Gasteiger partial charge in [-0.2, -0.15) is 0 Å². The van der Waals surface area contributed by atoms with Gasteiger partial charge in [-0.3, -0.25) is 0 Å². The molecule has 12 aromatic rings. The molecule has 65 heavy (non-hydrogen) atoms. The van der Waals surface area contributed by atoms with E-state index in [2.05, 4.69) is 247 Å². The van der Waals surface area contributed by atoms with Crippen LogP contribution in [0.3, 0.4) is 0 Å². The minimum absolute atomic E-state index is 0.861. The second-order valence-corrected chi connectivity index (χ2v) is 16.5. The van der Waals surface area contributed by atoms with E-state index in [9.17, 15) is 0 Å². The van der Waals surface area contributed by atoms with Crippen molar-refractivity contribution >= 4 is 71.9 Å². The van der Waals surface area contributed by atoms with E-state index in [0.717, 1.165) is 78.2 Å². The van der Waals surface area contributed by atoms with Crippen molar-refractivity contribution in [2.75, 3.05) is 10.2 Å². The molecule has 1 heterocycles. The minimum Gasteiger partial charge on any atom is -0.456 e. The van der Waals surface area contributed by atoms with Crippen molar-refractivity contribution in [3.63, 3.8) is 0 Å². The summed E-state index contributed by atoms with van der Waals surface area (Å²) in [7, 11) is 0. The number of hydrogen-bond acceptors (Lipinski definition) is 3. The number of nitrogens with one attached hydrogen (secondary N) is 1. The fraction of sp³-hybridized carbons (Fsp3) is 0. The van der Waals surface area contributed by atoms with Crippen LogP contribution in [0.15, 0.2) is 253 Å². The summed E-state index contributed by atoms with van der Waals surface area (Å²) in [6.07, 6.45) is 0. The zero-order chi connectivity index (χ0) is 43.1. The van der Waals surface area contributed by atoms with Gasteiger partial charge in [-0.25, -0.2) is 0 Å². The highest BCUT2D eigenvalue weighted by atomic mass is 16.3. The first-order valence-corrected chi connectivity index (χ1v) is 22.2. The van der Waals surface area contributed by atoms with Gasteiger partial charge in [-0.1, -0.05) is 182 Å². The second kappa shape index (κ2) is 16.2. The highest BCUT2D eigenvalue weighted by molar-refractivity contribution is 6.15. The fourth-order valence-corrected chi connectivity index (χ4v) is 9.57. The van der Waals surface area contributed by atoms with Crippen LogP contribution in [0.2, 0.25) is 0 Å². The van der Waals surface area contributed by atoms with Gasteiger partial charge in [0.1, 0.15) is 11.2 Å². The van der Waals surface area contributed by atoms with Crippen molar-refractivity contribution in [2.45, 2.75) is 0 Å². The van der Waals surface area contributed by atoms with E-state index < -0.39 is 0 Å². The molecule has 12 rings (SSSR count). The third-order valence-electron chi connectivity index (χ3n) is 12.7. The highest BCUT2D eigenvalue weighted by Gasteiger charge is 2.20. The van der Waals surface area contributed by atoms with E-state index in [1.165, 1.54) is 38.2 Å². The Bertz CT molecular complexity index is 3680. The Morgan fingerprint density at radius 1 is 0.308 bits per heavy atom. The van der Waals surface area contributed by atoms with E-state index in [0.29, 0.717) is 0 Å². The largest absolute Gasteiger partial charge is 0.456 e. The van der Waals surface area contributed by atoms with Crippen LogP contribution in [-0.2, 0) is 0 Å². The molecule has 0 aliphatic heterocycles. The number of benzene rings is 11. The quantitative estimate of drug-likeness (QED) is 0.147. The molecule has 0 radical (unpaired) electrons. The van der Waals surface area contributed by atoms with Crippen molar-refractivity contribution in [1.82, 2.24) is 0 Å². The van der Waals surface area contributed by atoms with Crippen LogP contribution in [0.25, 0.3) is 88.0 Å². The van der Waals surface area contributed by atoms with Crippen LogP contribution in [-0.4, -0.2) is 0 Å². The van der Waals surface area contributed by atoms with Crippen LogP contribution in [0.1, 0.15) is 0 Å². The molecule has 0 amide bonds. The summed E-state index contributed by atoms with van der Waals surface area (Å²) in [5.74, 6) is 0. The Labute approximate surface area is 378 Å². The maximum absolute atomic E-state index is 6.43. The Morgan fingerprint density at radius 3 is 1.58 bits per heavy atom. The van der Waals surface area contributed by atoms with E-state index in [4.69, 9.17) is 4.42 Å². The maximum atomic E-state index is 6.43. The third-order valence-corrected chi connectivity index (χ3v) is 12.7. The molecule has 0 atom stereocenters. The topological polar surface area (TPSA) is 28.4 Å². The van der Waals surface area contributed by atoms with Crippen molar-refractivity contribution in [1.29, 1.82) is 0 Å². The van der Waals surface area contributed by atoms with Gasteiger partial charge >= 0.3 is 0 Å². The van der Waals surface area contributed by atoms with E-state index in [-0.39, 0.29) is 0 Å². The molecule has 306 valence electrons. The average Bonchev–Trinajstić information content (AvgIpc) is 3.77. The van der Waals surface area contributed by atoms with Gasteiger partial charge in [0.05, 0.1) is 11.1 Å². The Hall–Kier alpha value is -8.66. The second-order valence-electron chi connectivity index (χ2n) is 16.5. The summed E-state index contributed by atoms with van der Waals surface area (Å²) in [6.45, 7) is 0. The molecule has 0 saturated carbocycles. The van der Waals surface area contributed by atoms with Crippen LogP contribution in [0.4, 0.5) is 28.4 Å². The summed E-state index contributed by atoms with van der Waals surface area (Å²) in [5.41, 5.74) is 16.3. The molecule has 1 aromatic heterocycles.